The van der Waals surface area contributed by atoms with Crippen molar-refractivity contribution in [2.24, 2.45) is 7.05 Å². The van der Waals surface area contributed by atoms with E-state index in [2.05, 4.69) is 25.9 Å². The lowest BCUT2D eigenvalue weighted by molar-refractivity contribution is 0.0935. The summed E-state index contributed by atoms with van der Waals surface area (Å²) < 4.78 is 8.98. The van der Waals surface area contributed by atoms with Gasteiger partial charge in [-0.1, -0.05) is 17.3 Å². The molecule has 4 rings (SSSR count). The molecule has 2 unspecified atom stereocenters. The molecule has 29 heavy (non-hydrogen) atoms. The molecule has 1 aliphatic heterocycles. The predicted octanol–water partition coefficient (Wildman–Crippen LogP) is 1.38. The second-order valence-electron chi connectivity index (χ2n) is 7.19. The van der Waals surface area contributed by atoms with E-state index in [1.807, 2.05) is 53.7 Å². The first-order valence-corrected chi connectivity index (χ1v) is 9.63. The first kappa shape index (κ1) is 19.1. The number of nitrogens with one attached hydrogen (secondary N) is 2. The summed E-state index contributed by atoms with van der Waals surface area (Å²) in [6.45, 7) is 3.67. The van der Waals surface area contributed by atoms with Gasteiger partial charge in [-0.3, -0.25) is 4.79 Å². The first-order valence-electron chi connectivity index (χ1n) is 9.63. The molecule has 9 heteroatoms. The molecule has 0 spiro atoms. The van der Waals surface area contributed by atoms with Crippen molar-refractivity contribution in [3.8, 4) is 5.75 Å². The number of carbonyl (C=O) groups excluding carboxylic acids is 1. The van der Waals surface area contributed by atoms with Crippen molar-refractivity contribution in [2.75, 3.05) is 20.2 Å². The molecule has 1 aliphatic rings. The maximum absolute atomic E-state index is 13.1. The van der Waals surface area contributed by atoms with Crippen LogP contribution in [0.1, 0.15) is 46.1 Å². The van der Waals surface area contributed by atoms with Gasteiger partial charge in [0.05, 0.1) is 18.8 Å². The van der Waals surface area contributed by atoms with Gasteiger partial charge in [-0.05, 0) is 37.6 Å². The van der Waals surface area contributed by atoms with Crippen molar-refractivity contribution in [1.82, 2.24) is 35.2 Å². The van der Waals surface area contributed by atoms with E-state index in [1.165, 1.54) is 0 Å². The van der Waals surface area contributed by atoms with Crippen molar-refractivity contribution in [1.29, 1.82) is 0 Å². The van der Waals surface area contributed by atoms with E-state index in [-0.39, 0.29) is 11.9 Å². The fraction of sp³-hybridized carbons (Fsp3) is 0.400. The first-order chi connectivity index (χ1) is 14.1. The second kappa shape index (κ2) is 8.04. The van der Waals surface area contributed by atoms with Crippen molar-refractivity contribution in [2.45, 2.75) is 25.4 Å². The molecule has 0 radical (unpaired) electrons. The van der Waals surface area contributed by atoms with Crippen molar-refractivity contribution >= 4 is 5.91 Å². The Balaban J connectivity index is 1.62. The zero-order chi connectivity index (χ0) is 20.4. The summed E-state index contributed by atoms with van der Waals surface area (Å²) in [6.07, 6.45) is 4.55. The molecule has 0 saturated carbocycles. The summed E-state index contributed by atoms with van der Waals surface area (Å²) in [6, 6.07) is 7.39. The third-order valence-electron chi connectivity index (χ3n) is 5.36. The van der Waals surface area contributed by atoms with Crippen LogP contribution in [-0.2, 0) is 7.05 Å². The average molecular weight is 395 g/mol. The highest BCUT2D eigenvalue weighted by atomic mass is 16.5. The number of nitrogens with zero attached hydrogens (tertiary/aromatic N) is 5. The summed E-state index contributed by atoms with van der Waals surface area (Å²) in [5.41, 5.74) is 2.01. The van der Waals surface area contributed by atoms with Gasteiger partial charge in [-0.25, -0.2) is 9.67 Å². The van der Waals surface area contributed by atoms with Gasteiger partial charge in [0.2, 0.25) is 0 Å². The molecule has 0 bridgehead atoms. The maximum atomic E-state index is 13.1. The Kier molecular flexibility index (Phi) is 5.30. The highest BCUT2D eigenvalue weighted by Crippen LogP contribution is 2.24. The van der Waals surface area contributed by atoms with Crippen LogP contribution in [0.5, 0.6) is 5.75 Å². The lowest BCUT2D eigenvalue weighted by Gasteiger charge is -2.19. The molecular weight excluding hydrogens is 370 g/mol. The molecule has 2 atom stereocenters. The summed E-state index contributed by atoms with van der Waals surface area (Å²) >= 11 is 0. The van der Waals surface area contributed by atoms with E-state index < -0.39 is 6.04 Å². The fourth-order valence-electron chi connectivity index (χ4n) is 3.69. The number of rotatable bonds is 6. The van der Waals surface area contributed by atoms with Crippen LogP contribution in [0.15, 0.2) is 36.7 Å². The zero-order valence-electron chi connectivity index (χ0n) is 16.8. The number of aromatic nitrogens is 5. The van der Waals surface area contributed by atoms with Gasteiger partial charge in [-0.2, -0.15) is 0 Å². The largest absolute Gasteiger partial charge is 0.497 e. The molecule has 2 N–H and O–H groups in total. The number of methoxy groups -OCH3 is 1. The van der Waals surface area contributed by atoms with Crippen LogP contribution in [0.25, 0.3) is 0 Å². The van der Waals surface area contributed by atoms with Gasteiger partial charge in [0.25, 0.3) is 5.91 Å². The van der Waals surface area contributed by atoms with Gasteiger partial charge >= 0.3 is 0 Å². The summed E-state index contributed by atoms with van der Waals surface area (Å²) in [5, 5.41) is 14.8. The van der Waals surface area contributed by atoms with Crippen LogP contribution in [0.2, 0.25) is 0 Å². The van der Waals surface area contributed by atoms with Crippen molar-refractivity contribution in [3.63, 3.8) is 0 Å². The van der Waals surface area contributed by atoms with Crippen LogP contribution in [0.4, 0.5) is 0 Å². The minimum atomic E-state index is -0.425. The molecule has 1 saturated heterocycles. The number of imidazole rings is 1. The van der Waals surface area contributed by atoms with E-state index in [0.29, 0.717) is 5.69 Å². The molecule has 152 valence electrons. The van der Waals surface area contributed by atoms with E-state index in [4.69, 9.17) is 4.74 Å². The Hall–Kier alpha value is -3.20. The third-order valence-corrected chi connectivity index (χ3v) is 5.36. The van der Waals surface area contributed by atoms with Gasteiger partial charge in [0, 0.05) is 26.0 Å². The number of carbonyl (C=O) groups is 1. The Bertz CT molecular complexity index is 987. The Morgan fingerprint density at radius 2 is 2.14 bits per heavy atom. The molecule has 9 nitrogen and oxygen atoms in total. The minimum absolute atomic E-state index is 0.232. The minimum Gasteiger partial charge on any atom is -0.497 e. The topological polar surface area (TPSA) is 98.9 Å². The number of hydrogen-bond acceptors (Lipinski definition) is 6. The Morgan fingerprint density at radius 1 is 1.34 bits per heavy atom. The van der Waals surface area contributed by atoms with Gasteiger partial charge in [-0.15, -0.1) is 5.10 Å². The Labute approximate surface area is 169 Å². The summed E-state index contributed by atoms with van der Waals surface area (Å²) in [5.74, 6) is 1.21. The monoisotopic (exact) mass is 395 g/mol. The fourth-order valence-corrected chi connectivity index (χ4v) is 3.69. The third kappa shape index (κ3) is 3.73. The SMILES string of the molecule is COc1ccc(C(NC(=O)c2nnn(C3CCNC3)c2C)c2nccn2C)cc1. The van der Waals surface area contributed by atoms with Crippen molar-refractivity contribution < 1.29 is 9.53 Å². The predicted molar refractivity (Wildman–Crippen MR) is 107 cm³/mol. The molecule has 3 heterocycles. The normalized spacial score (nSPS) is 17.3. The van der Waals surface area contributed by atoms with Gasteiger partial charge in [0.1, 0.15) is 17.6 Å². The highest BCUT2D eigenvalue weighted by Gasteiger charge is 2.27. The van der Waals surface area contributed by atoms with Crippen LogP contribution in [0, 0.1) is 6.92 Å². The molecule has 2 aromatic heterocycles. The molecule has 1 amide bonds. The standard InChI is InChI=1S/C20H25N7O2/c1-13-17(24-25-27(13)15-8-9-21-12-15)20(28)23-18(19-22-10-11-26(19)2)14-4-6-16(29-3)7-5-14/h4-7,10-11,15,18,21H,8-9,12H2,1-3H3,(H,23,28). The number of amides is 1. The zero-order valence-corrected chi connectivity index (χ0v) is 16.8. The average Bonchev–Trinajstić information content (AvgIpc) is 3.47. The summed E-state index contributed by atoms with van der Waals surface area (Å²) in [4.78, 5) is 17.5. The lowest BCUT2D eigenvalue weighted by Crippen LogP contribution is -2.32. The van der Waals surface area contributed by atoms with Gasteiger partial charge in [0.15, 0.2) is 5.69 Å². The lowest BCUT2D eigenvalue weighted by atomic mass is 10.1. The van der Waals surface area contributed by atoms with E-state index >= 15 is 0 Å². The van der Waals surface area contributed by atoms with Gasteiger partial charge < -0.3 is 19.9 Å². The van der Waals surface area contributed by atoms with Crippen LogP contribution < -0.4 is 15.4 Å². The van der Waals surface area contributed by atoms with Crippen molar-refractivity contribution in [3.05, 3.63) is 59.4 Å². The molecule has 1 aromatic carbocycles. The summed E-state index contributed by atoms with van der Waals surface area (Å²) in [7, 11) is 3.53. The second-order valence-corrected chi connectivity index (χ2v) is 7.19. The number of aryl methyl sites for hydroxylation is 1. The quantitative estimate of drug-likeness (QED) is 0.654. The Morgan fingerprint density at radius 3 is 2.76 bits per heavy atom. The molecule has 3 aromatic rings. The number of ether oxygens (including phenoxy) is 1. The van der Waals surface area contributed by atoms with Crippen LogP contribution in [-0.4, -0.2) is 50.7 Å². The number of hydrogen-bond donors (Lipinski definition) is 2. The van der Waals surface area contributed by atoms with Crippen LogP contribution in [0.3, 0.4) is 0 Å². The highest BCUT2D eigenvalue weighted by molar-refractivity contribution is 5.93. The van der Waals surface area contributed by atoms with E-state index in [1.54, 1.807) is 13.3 Å². The number of benzene rings is 1. The maximum Gasteiger partial charge on any atom is 0.274 e. The van der Waals surface area contributed by atoms with E-state index in [9.17, 15) is 4.79 Å². The van der Waals surface area contributed by atoms with E-state index in [0.717, 1.165) is 42.3 Å². The molecular formula is C20H25N7O2. The van der Waals surface area contributed by atoms with Crippen LogP contribution >= 0.6 is 0 Å². The molecule has 0 aliphatic carbocycles. The smallest absolute Gasteiger partial charge is 0.274 e. The molecule has 1 fully saturated rings.